The van der Waals surface area contributed by atoms with Crippen LogP contribution in [0.5, 0.6) is 11.5 Å². The lowest BCUT2D eigenvalue weighted by atomic mass is 10.2. The van der Waals surface area contributed by atoms with Crippen molar-refractivity contribution in [3.8, 4) is 11.5 Å². The number of likely N-dealkylation sites (N-methyl/N-ethyl adjacent to an activating group) is 1. The fourth-order valence-electron chi connectivity index (χ4n) is 2.56. The molecule has 5 N–H and O–H groups in total. The molecule has 2 aromatic rings. The van der Waals surface area contributed by atoms with E-state index < -0.39 is 22.1 Å². The summed E-state index contributed by atoms with van der Waals surface area (Å²) in [6.07, 6.45) is 5.38. The van der Waals surface area contributed by atoms with Crippen molar-refractivity contribution >= 4 is 27.7 Å². The smallest absolute Gasteiger partial charge is 0.319 e. The van der Waals surface area contributed by atoms with Crippen molar-refractivity contribution in [1.29, 1.82) is 0 Å². The summed E-state index contributed by atoms with van der Waals surface area (Å²) in [5.74, 6) is 0.467. The summed E-state index contributed by atoms with van der Waals surface area (Å²) in [7, 11) is -2.20. The van der Waals surface area contributed by atoms with Crippen molar-refractivity contribution in [1.82, 2.24) is 10.6 Å². The summed E-state index contributed by atoms with van der Waals surface area (Å²) in [6, 6.07) is 12.4. The number of rotatable bonds is 10. The number of anilines is 1. The van der Waals surface area contributed by atoms with Crippen LogP contribution < -0.4 is 30.6 Å². The molecule has 0 unspecified atom stereocenters. The Hall–Kier alpha value is -4.25. The Labute approximate surface area is 198 Å². The second kappa shape index (κ2) is 12.1. The van der Waals surface area contributed by atoms with Crippen molar-refractivity contribution in [2.45, 2.75) is 6.54 Å². The van der Waals surface area contributed by atoms with E-state index in [0.29, 0.717) is 17.2 Å². The molecule has 0 aliphatic carbocycles. The number of allylic oxidation sites excluding steroid dienone is 3. The van der Waals surface area contributed by atoms with Gasteiger partial charge < -0.3 is 30.6 Å². The summed E-state index contributed by atoms with van der Waals surface area (Å²) < 4.78 is 33.0. The van der Waals surface area contributed by atoms with Crippen LogP contribution in [0.25, 0.3) is 0 Å². The Bertz CT molecular complexity index is 1200. The highest BCUT2D eigenvalue weighted by atomic mass is 32.2. The third kappa shape index (κ3) is 9.09. The van der Waals surface area contributed by atoms with E-state index in [1.165, 1.54) is 31.3 Å². The SMILES string of the molecule is C=C/C=C(\C=C(/N)C(=O)NC)Oc1ccc(CNC(=O)Nc2cccc(OS(C)(=O)=O)c2)cc1. The van der Waals surface area contributed by atoms with Crippen molar-refractivity contribution in [2.24, 2.45) is 5.73 Å². The predicted octanol–water partition coefficient (Wildman–Crippen LogP) is 2.38. The van der Waals surface area contributed by atoms with Crippen LogP contribution in [0.3, 0.4) is 0 Å². The lowest BCUT2D eigenvalue weighted by molar-refractivity contribution is -0.117. The fourth-order valence-corrected chi connectivity index (χ4v) is 3.01. The molecule has 0 aliphatic heterocycles. The first-order chi connectivity index (χ1) is 16.1. The van der Waals surface area contributed by atoms with Gasteiger partial charge in [-0.2, -0.15) is 8.42 Å². The standard InChI is InChI=1S/C23H26N4O6S/c1-4-6-19(14-21(24)22(28)25-2)32-18-11-9-16(10-12-18)15-26-23(29)27-17-7-5-8-20(13-17)33-34(3,30)31/h4-14H,1,15,24H2,2-3H3,(H,25,28)(H2,26,27,29)/b19-6+,21-14-. The Morgan fingerprint density at radius 1 is 1.12 bits per heavy atom. The van der Waals surface area contributed by atoms with Gasteiger partial charge in [0.05, 0.1) is 6.26 Å². The third-order valence-corrected chi connectivity index (χ3v) is 4.52. The highest BCUT2D eigenvalue weighted by Gasteiger charge is 2.08. The van der Waals surface area contributed by atoms with Crippen molar-refractivity contribution in [2.75, 3.05) is 18.6 Å². The summed E-state index contributed by atoms with van der Waals surface area (Å²) >= 11 is 0. The predicted molar refractivity (Wildman–Crippen MR) is 129 cm³/mol. The molecule has 0 bridgehead atoms. The number of nitrogens with one attached hydrogen (secondary N) is 3. The number of carbonyl (C=O) groups is 2. The van der Waals surface area contributed by atoms with Crippen LogP contribution in [0.1, 0.15) is 5.56 Å². The fraction of sp³-hybridized carbons (Fsp3) is 0.130. The molecular weight excluding hydrogens is 460 g/mol. The minimum absolute atomic E-state index is 0.0177. The quantitative estimate of drug-likeness (QED) is 0.174. The van der Waals surface area contributed by atoms with Gasteiger partial charge in [0.1, 0.15) is 23.0 Å². The largest absolute Gasteiger partial charge is 0.457 e. The van der Waals surface area contributed by atoms with Crippen LogP contribution >= 0.6 is 0 Å². The molecule has 0 fully saturated rings. The van der Waals surface area contributed by atoms with Crippen molar-refractivity contribution in [3.05, 3.63) is 90.4 Å². The average molecular weight is 487 g/mol. The molecule has 0 aromatic heterocycles. The lowest BCUT2D eigenvalue weighted by Crippen LogP contribution is -2.28. The van der Waals surface area contributed by atoms with E-state index in [2.05, 4.69) is 22.5 Å². The van der Waals surface area contributed by atoms with E-state index in [1.54, 1.807) is 42.5 Å². The first kappa shape index (κ1) is 26.0. The molecule has 0 radical (unpaired) electrons. The third-order valence-electron chi connectivity index (χ3n) is 4.02. The Kier molecular flexibility index (Phi) is 9.27. The molecule has 0 spiro atoms. The monoisotopic (exact) mass is 486 g/mol. The Morgan fingerprint density at radius 3 is 2.44 bits per heavy atom. The number of amides is 3. The normalized spacial score (nSPS) is 11.8. The highest BCUT2D eigenvalue weighted by molar-refractivity contribution is 7.86. The van der Waals surface area contributed by atoms with Gasteiger partial charge in [0.15, 0.2) is 0 Å². The van der Waals surface area contributed by atoms with Gasteiger partial charge in [-0.05, 0) is 35.9 Å². The summed E-state index contributed by atoms with van der Waals surface area (Å²) in [5, 5.41) is 7.72. The summed E-state index contributed by atoms with van der Waals surface area (Å²) in [5.41, 5.74) is 6.86. The minimum Gasteiger partial charge on any atom is -0.457 e. The van der Waals surface area contributed by atoms with E-state index in [9.17, 15) is 18.0 Å². The zero-order valence-corrected chi connectivity index (χ0v) is 19.5. The molecule has 10 nitrogen and oxygen atoms in total. The van der Waals surface area contributed by atoms with Crippen LogP contribution in [0.4, 0.5) is 10.5 Å². The number of hydrogen-bond donors (Lipinski definition) is 4. The van der Waals surface area contributed by atoms with Gasteiger partial charge >= 0.3 is 16.1 Å². The molecule has 2 rings (SSSR count). The average Bonchev–Trinajstić information content (AvgIpc) is 2.77. The van der Waals surface area contributed by atoms with Gasteiger partial charge in [-0.15, -0.1) is 0 Å². The number of hydrogen-bond acceptors (Lipinski definition) is 7. The van der Waals surface area contributed by atoms with Crippen LogP contribution in [0, 0.1) is 0 Å². The van der Waals surface area contributed by atoms with Crippen LogP contribution in [0.15, 0.2) is 84.8 Å². The molecule has 0 saturated carbocycles. The molecule has 11 heteroatoms. The summed E-state index contributed by atoms with van der Waals surface area (Å²) in [6.45, 7) is 3.84. The molecule has 0 atom stereocenters. The van der Waals surface area contributed by atoms with Gasteiger partial charge in [-0.25, -0.2) is 4.79 Å². The van der Waals surface area contributed by atoms with E-state index in [0.717, 1.165) is 11.8 Å². The first-order valence-electron chi connectivity index (χ1n) is 9.92. The van der Waals surface area contributed by atoms with Crippen molar-refractivity contribution in [3.63, 3.8) is 0 Å². The minimum atomic E-state index is -3.67. The zero-order chi connectivity index (χ0) is 25.1. The van der Waals surface area contributed by atoms with Gasteiger partial charge in [0.25, 0.3) is 5.91 Å². The first-order valence-corrected chi connectivity index (χ1v) is 11.7. The van der Waals surface area contributed by atoms with Crippen LogP contribution in [0.2, 0.25) is 0 Å². The van der Waals surface area contributed by atoms with Crippen LogP contribution in [-0.4, -0.2) is 33.7 Å². The van der Waals surface area contributed by atoms with Crippen molar-refractivity contribution < 1.29 is 26.9 Å². The number of nitrogens with two attached hydrogens (primary N) is 1. The number of ether oxygens (including phenoxy) is 1. The molecular formula is C23H26N4O6S. The van der Waals surface area contributed by atoms with E-state index in [1.807, 2.05) is 0 Å². The molecule has 180 valence electrons. The number of carbonyl (C=O) groups excluding carboxylic acids is 2. The van der Waals surface area contributed by atoms with Gasteiger partial charge in [0, 0.05) is 31.4 Å². The van der Waals surface area contributed by atoms with E-state index in [4.69, 9.17) is 14.7 Å². The maximum atomic E-state index is 12.2. The van der Waals surface area contributed by atoms with Gasteiger partial charge in [-0.1, -0.05) is 30.9 Å². The molecule has 0 aliphatic rings. The highest BCUT2D eigenvalue weighted by Crippen LogP contribution is 2.19. The summed E-state index contributed by atoms with van der Waals surface area (Å²) in [4.78, 5) is 23.8. The maximum absolute atomic E-state index is 12.2. The van der Waals surface area contributed by atoms with Gasteiger partial charge in [0.2, 0.25) is 0 Å². The lowest BCUT2D eigenvalue weighted by Gasteiger charge is -2.10. The topological polar surface area (TPSA) is 149 Å². The van der Waals surface area contributed by atoms with Gasteiger partial charge in [-0.3, -0.25) is 4.79 Å². The molecule has 0 saturated heterocycles. The molecule has 0 heterocycles. The second-order valence-corrected chi connectivity index (χ2v) is 8.43. The Balaban J connectivity index is 1.94. The maximum Gasteiger partial charge on any atom is 0.319 e. The number of urea groups is 1. The second-order valence-electron chi connectivity index (χ2n) is 6.85. The van der Waals surface area contributed by atoms with E-state index >= 15 is 0 Å². The molecule has 2 aromatic carbocycles. The zero-order valence-electron chi connectivity index (χ0n) is 18.7. The molecule has 3 amide bonds. The Morgan fingerprint density at radius 2 is 1.82 bits per heavy atom. The molecule has 34 heavy (non-hydrogen) atoms. The van der Waals surface area contributed by atoms with Crippen LogP contribution in [-0.2, 0) is 21.5 Å². The number of benzene rings is 2. The van der Waals surface area contributed by atoms with E-state index in [-0.39, 0.29) is 18.0 Å².